The molecule has 4 nitrogen and oxygen atoms in total. The van der Waals surface area contributed by atoms with Crippen LogP contribution in [0, 0.1) is 0 Å². The maximum absolute atomic E-state index is 11.5. The van der Waals surface area contributed by atoms with Crippen LogP contribution in [-0.2, 0) is 6.54 Å². The van der Waals surface area contributed by atoms with Crippen molar-refractivity contribution in [3.8, 4) is 5.75 Å². The van der Waals surface area contributed by atoms with E-state index in [9.17, 15) is 4.79 Å². The van der Waals surface area contributed by atoms with E-state index in [1.165, 1.54) is 0 Å². The third-order valence-electron chi connectivity index (χ3n) is 2.58. The van der Waals surface area contributed by atoms with Gasteiger partial charge in [-0.25, -0.2) is 4.79 Å². The van der Waals surface area contributed by atoms with E-state index in [0.29, 0.717) is 17.3 Å². The first-order chi connectivity index (χ1) is 9.74. The predicted molar refractivity (Wildman–Crippen MR) is 78.8 cm³/mol. The quantitative estimate of drug-likeness (QED) is 0.831. The molecule has 0 unspecified atom stereocenters. The minimum absolute atomic E-state index is 0.0995. The number of halogens is 1. The third-order valence-corrected chi connectivity index (χ3v) is 2.83. The summed E-state index contributed by atoms with van der Waals surface area (Å²) in [6.45, 7) is 0.579. The van der Waals surface area contributed by atoms with Crippen LogP contribution in [0.5, 0.6) is 5.75 Å². The first-order valence-electron chi connectivity index (χ1n) is 6.18. The summed E-state index contributed by atoms with van der Waals surface area (Å²) in [6.07, 6.45) is 0. The molecule has 20 heavy (non-hydrogen) atoms. The van der Waals surface area contributed by atoms with E-state index >= 15 is 0 Å². The molecule has 2 amide bonds. The summed E-state index contributed by atoms with van der Waals surface area (Å²) in [6, 6.07) is 16.4. The fourth-order valence-corrected chi connectivity index (χ4v) is 1.68. The van der Waals surface area contributed by atoms with Crippen LogP contribution in [0.4, 0.5) is 4.79 Å². The molecule has 2 N–H and O–H groups in total. The highest BCUT2D eigenvalue weighted by molar-refractivity contribution is 6.30. The van der Waals surface area contributed by atoms with Crippen LogP contribution in [-0.4, -0.2) is 12.8 Å². The molecule has 2 rings (SSSR count). The molecule has 2 aromatic rings. The monoisotopic (exact) mass is 290 g/mol. The Bertz CT molecular complexity index is 544. The van der Waals surface area contributed by atoms with Gasteiger partial charge in [-0.05, 0) is 29.8 Å². The zero-order valence-electron chi connectivity index (χ0n) is 10.8. The topological polar surface area (TPSA) is 50.4 Å². The second-order valence-corrected chi connectivity index (χ2v) is 4.52. The van der Waals surface area contributed by atoms with Gasteiger partial charge in [0.25, 0.3) is 0 Å². The number of rotatable bonds is 5. The summed E-state index contributed by atoms with van der Waals surface area (Å²) in [7, 11) is 0. The summed E-state index contributed by atoms with van der Waals surface area (Å²) in [5, 5.41) is 6.00. The maximum atomic E-state index is 11.5. The van der Waals surface area contributed by atoms with Crippen LogP contribution in [0.25, 0.3) is 0 Å². The molecule has 5 heteroatoms. The van der Waals surface area contributed by atoms with Crippen LogP contribution < -0.4 is 15.4 Å². The minimum Gasteiger partial charge on any atom is -0.473 e. The van der Waals surface area contributed by atoms with E-state index in [1.807, 2.05) is 30.3 Å². The number of ether oxygens (including phenoxy) is 1. The van der Waals surface area contributed by atoms with Crippen molar-refractivity contribution in [1.82, 2.24) is 10.6 Å². The third kappa shape index (κ3) is 4.82. The van der Waals surface area contributed by atoms with Crippen molar-refractivity contribution >= 4 is 17.6 Å². The summed E-state index contributed by atoms with van der Waals surface area (Å²) < 4.78 is 5.35. The molecular formula is C15H15ClN2O2. The van der Waals surface area contributed by atoms with Gasteiger partial charge in [0.15, 0.2) is 6.73 Å². The normalized spacial score (nSPS) is 9.85. The summed E-state index contributed by atoms with van der Waals surface area (Å²) in [5.74, 6) is 0.651. The van der Waals surface area contributed by atoms with Crippen molar-refractivity contribution in [3.63, 3.8) is 0 Å². The minimum atomic E-state index is -0.275. The number of benzene rings is 2. The molecular weight excluding hydrogens is 276 g/mol. The van der Waals surface area contributed by atoms with E-state index in [2.05, 4.69) is 10.6 Å². The lowest BCUT2D eigenvalue weighted by atomic mass is 10.2. The first-order valence-corrected chi connectivity index (χ1v) is 6.56. The Morgan fingerprint density at radius 1 is 1.00 bits per heavy atom. The number of urea groups is 1. The van der Waals surface area contributed by atoms with E-state index in [1.54, 1.807) is 24.3 Å². The number of hydrogen-bond acceptors (Lipinski definition) is 2. The molecule has 0 aliphatic carbocycles. The zero-order chi connectivity index (χ0) is 14.2. The molecule has 0 aromatic heterocycles. The van der Waals surface area contributed by atoms with E-state index in [4.69, 9.17) is 16.3 Å². The van der Waals surface area contributed by atoms with Gasteiger partial charge in [0, 0.05) is 11.6 Å². The number of carbonyl (C=O) groups is 1. The molecule has 0 atom stereocenters. The molecule has 0 saturated heterocycles. The molecule has 0 fully saturated rings. The second-order valence-electron chi connectivity index (χ2n) is 4.09. The smallest absolute Gasteiger partial charge is 0.317 e. The Morgan fingerprint density at radius 3 is 2.40 bits per heavy atom. The Morgan fingerprint density at radius 2 is 1.70 bits per heavy atom. The lowest BCUT2D eigenvalue weighted by Crippen LogP contribution is -2.37. The molecule has 104 valence electrons. The van der Waals surface area contributed by atoms with E-state index in [0.717, 1.165) is 5.56 Å². The molecule has 0 radical (unpaired) electrons. The maximum Gasteiger partial charge on any atom is 0.317 e. The average molecular weight is 291 g/mol. The van der Waals surface area contributed by atoms with Crippen molar-refractivity contribution in [2.24, 2.45) is 0 Å². The largest absolute Gasteiger partial charge is 0.473 e. The fraction of sp³-hybridized carbons (Fsp3) is 0.133. The lowest BCUT2D eigenvalue weighted by Gasteiger charge is -2.09. The summed E-state index contributed by atoms with van der Waals surface area (Å²) >= 11 is 5.76. The fourth-order valence-electron chi connectivity index (χ4n) is 1.56. The molecule has 0 bridgehead atoms. The highest BCUT2D eigenvalue weighted by Gasteiger charge is 2.00. The average Bonchev–Trinajstić information content (AvgIpc) is 2.48. The van der Waals surface area contributed by atoms with Gasteiger partial charge >= 0.3 is 6.03 Å². The highest BCUT2D eigenvalue weighted by atomic mass is 35.5. The molecule has 0 aliphatic heterocycles. The Balaban J connectivity index is 1.66. The van der Waals surface area contributed by atoms with Crippen molar-refractivity contribution in [2.45, 2.75) is 6.54 Å². The van der Waals surface area contributed by atoms with Gasteiger partial charge in [-0.3, -0.25) is 0 Å². The van der Waals surface area contributed by atoms with Gasteiger partial charge in [0.2, 0.25) is 0 Å². The Hall–Kier alpha value is -2.20. The molecule has 0 spiro atoms. The van der Waals surface area contributed by atoms with Gasteiger partial charge in [0.05, 0.1) is 0 Å². The SMILES string of the molecule is O=C(NCOc1ccc(Cl)cc1)NCc1ccccc1. The second kappa shape index (κ2) is 7.40. The first kappa shape index (κ1) is 14.2. The lowest BCUT2D eigenvalue weighted by molar-refractivity contribution is 0.223. The van der Waals surface area contributed by atoms with Crippen LogP contribution in [0.15, 0.2) is 54.6 Å². The number of nitrogens with one attached hydrogen (secondary N) is 2. The molecule has 0 saturated carbocycles. The van der Waals surface area contributed by atoms with Crippen molar-refractivity contribution in [1.29, 1.82) is 0 Å². The number of amides is 2. The van der Waals surface area contributed by atoms with Crippen LogP contribution in [0.2, 0.25) is 5.02 Å². The zero-order valence-corrected chi connectivity index (χ0v) is 11.6. The molecule has 0 aliphatic rings. The van der Waals surface area contributed by atoms with Gasteiger partial charge in [-0.2, -0.15) is 0 Å². The van der Waals surface area contributed by atoms with Gasteiger partial charge in [-0.1, -0.05) is 41.9 Å². The Labute approximate surface area is 122 Å². The molecule has 2 aromatic carbocycles. The standard InChI is InChI=1S/C15H15ClN2O2/c16-13-6-8-14(9-7-13)20-11-18-15(19)17-10-12-4-2-1-3-5-12/h1-9H,10-11H2,(H2,17,18,19). The summed E-state index contributed by atoms with van der Waals surface area (Å²) in [4.78, 5) is 11.5. The van der Waals surface area contributed by atoms with Gasteiger partial charge in [0.1, 0.15) is 5.75 Å². The van der Waals surface area contributed by atoms with Crippen LogP contribution in [0.1, 0.15) is 5.56 Å². The van der Waals surface area contributed by atoms with Crippen LogP contribution >= 0.6 is 11.6 Å². The van der Waals surface area contributed by atoms with Gasteiger partial charge in [-0.15, -0.1) is 0 Å². The van der Waals surface area contributed by atoms with E-state index < -0.39 is 0 Å². The van der Waals surface area contributed by atoms with Crippen molar-refractivity contribution < 1.29 is 9.53 Å². The van der Waals surface area contributed by atoms with Crippen molar-refractivity contribution in [3.05, 3.63) is 65.2 Å². The molecule has 0 heterocycles. The highest BCUT2D eigenvalue weighted by Crippen LogP contribution is 2.14. The Kier molecular flexibility index (Phi) is 5.26. The summed E-state index contributed by atoms with van der Waals surface area (Å²) in [5.41, 5.74) is 1.04. The number of carbonyl (C=O) groups excluding carboxylic acids is 1. The van der Waals surface area contributed by atoms with Gasteiger partial charge < -0.3 is 15.4 Å². The predicted octanol–water partition coefficient (Wildman–Crippen LogP) is 3.18. The number of hydrogen-bond donors (Lipinski definition) is 2. The van der Waals surface area contributed by atoms with E-state index in [-0.39, 0.29) is 12.8 Å². The van der Waals surface area contributed by atoms with Crippen LogP contribution in [0.3, 0.4) is 0 Å². The van der Waals surface area contributed by atoms with Crippen molar-refractivity contribution in [2.75, 3.05) is 6.73 Å².